The number of aromatic nitrogens is 2. The molecule has 0 saturated carbocycles. The lowest BCUT2D eigenvalue weighted by Crippen LogP contribution is -2.29. The molecule has 2 aromatic heterocycles. The van der Waals surface area contributed by atoms with Gasteiger partial charge in [0.25, 0.3) is 5.78 Å². The number of carbonyl (C=O) groups excluding carboxylic acids is 2. The quantitative estimate of drug-likeness (QED) is 0.101. The average Bonchev–Trinajstić information content (AvgIpc) is 3.60. The lowest BCUT2D eigenvalue weighted by molar-refractivity contribution is -0.132. The summed E-state index contributed by atoms with van der Waals surface area (Å²) < 4.78 is 14.5. The van der Waals surface area contributed by atoms with E-state index in [1.807, 2.05) is 5.38 Å². The third kappa shape index (κ3) is 4.62. The number of ketones is 1. The number of Topliss-reactive ketones (excluding diaryl/α,β-unsaturated/α-hetero) is 1. The molecule has 1 aliphatic heterocycles. The van der Waals surface area contributed by atoms with Crippen molar-refractivity contribution >= 4 is 68.6 Å². The molecule has 2 aromatic carbocycles. The zero-order valence-corrected chi connectivity index (χ0v) is 20.9. The average molecular weight is 544 g/mol. The number of hydrogen-bond acceptors (Lipinski definition) is 8. The standard InChI is InChI=1S/C24H15ClFN3O3S3/c25-15-9-7-13(8-10-15)20(30)18-19(17-6-3-11-33-17)29(22(32)21(18)31)23-27-28-24(35-23)34-12-14-4-1-2-5-16(14)26/h1-11,19,30H,12H2/b20-18-. The number of halogens is 2. The van der Waals surface area contributed by atoms with Crippen LogP contribution in [0.1, 0.15) is 22.0 Å². The van der Waals surface area contributed by atoms with Gasteiger partial charge in [-0.05, 0) is 47.3 Å². The van der Waals surface area contributed by atoms with Gasteiger partial charge in [-0.2, -0.15) is 0 Å². The fourth-order valence-corrected chi connectivity index (χ4v) is 6.43. The van der Waals surface area contributed by atoms with Crippen LogP contribution in [0.2, 0.25) is 5.02 Å². The Morgan fingerprint density at radius 1 is 1.09 bits per heavy atom. The van der Waals surface area contributed by atoms with Crippen molar-refractivity contribution in [1.29, 1.82) is 0 Å². The van der Waals surface area contributed by atoms with Gasteiger partial charge in [-0.3, -0.25) is 14.5 Å². The van der Waals surface area contributed by atoms with Crippen LogP contribution in [0, 0.1) is 5.82 Å². The van der Waals surface area contributed by atoms with Crippen molar-refractivity contribution in [3.63, 3.8) is 0 Å². The predicted molar refractivity (Wildman–Crippen MR) is 136 cm³/mol. The number of rotatable bonds is 6. The Balaban J connectivity index is 1.51. The van der Waals surface area contributed by atoms with Gasteiger partial charge in [0.1, 0.15) is 17.6 Å². The van der Waals surface area contributed by atoms with Crippen LogP contribution in [0.25, 0.3) is 5.76 Å². The summed E-state index contributed by atoms with van der Waals surface area (Å²) in [6, 6.07) is 15.5. The minimum absolute atomic E-state index is 0.0319. The molecular formula is C24H15ClFN3O3S3. The molecule has 4 aromatic rings. The number of anilines is 1. The number of aliphatic hydroxyl groups is 1. The lowest BCUT2D eigenvalue weighted by Gasteiger charge is -2.20. The first-order chi connectivity index (χ1) is 16.9. The van der Waals surface area contributed by atoms with E-state index in [2.05, 4.69) is 10.2 Å². The zero-order chi connectivity index (χ0) is 24.5. The maximum Gasteiger partial charge on any atom is 0.301 e. The fraction of sp³-hybridized carbons (Fsp3) is 0.0833. The molecule has 0 spiro atoms. The van der Waals surface area contributed by atoms with Gasteiger partial charge in [-0.25, -0.2) is 4.39 Å². The van der Waals surface area contributed by atoms with Gasteiger partial charge >= 0.3 is 5.91 Å². The maximum atomic E-state index is 14.0. The Labute approximate surface area is 216 Å². The molecular weight excluding hydrogens is 529 g/mol. The van der Waals surface area contributed by atoms with Crippen molar-refractivity contribution in [2.24, 2.45) is 0 Å². The fourth-order valence-electron chi connectivity index (χ4n) is 3.62. The Morgan fingerprint density at radius 3 is 2.57 bits per heavy atom. The van der Waals surface area contributed by atoms with E-state index in [0.717, 1.165) is 11.3 Å². The number of amides is 1. The lowest BCUT2D eigenvalue weighted by atomic mass is 10.00. The Kier molecular flexibility index (Phi) is 6.70. The summed E-state index contributed by atoms with van der Waals surface area (Å²) in [5, 5.41) is 21.8. The van der Waals surface area contributed by atoms with Crippen LogP contribution in [0.15, 0.2) is 76.0 Å². The van der Waals surface area contributed by atoms with Crippen molar-refractivity contribution in [3.8, 4) is 0 Å². The summed E-state index contributed by atoms with van der Waals surface area (Å²) in [6.45, 7) is 0. The molecule has 0 aliphatic carbocycles. The van der Waals surface area contributed by atoms with E-state index in [0.29, 0.717) is 31.1 Å². The molecule has 11 heteroatoms. The first-order valence-corrected chi connectivity index (χ1v) is 13.3. The third-order valence-corrected chi connectivity index (χ3v) is 8.57. The minimum Gasteiger partial charge on any atom is -0.507 e. The largest absolute Gasteiger partial charge is 0.507 e. The smallest absolute Gasteiger partial charge is 0.301 e. The second-order valence-corrected chi connectivity index (χ2v) is 11.0. The number of nitrogens with zero attached hydrogens (tertiary/aromatic N) is 3. The van der Waals surface area contributed by atoms with Crippen LogP contribution in [0.4, 0.5) is 9.52 Å². The number of aliphatic hydroxyl groups excluding tert-OH is 1. The topological polar surface area (TPSA) is 83.4 Å². The molecule has 1 fully saturated rings. The van der Waals surface area contributed by atoms with E-state index >= 15 is 0 Å². The maximum absolute atomic E-state index is 14.0. The highest BCUT2D eigenvalue weighted by Gasteiger charge is 2.48. The van der Waals surface area contributed by atoms with Crippen LogP contribution in [-0.4, -0.2) is 27.0 Å². The second kappa shape index (κ2) is 9.90. The van der Waals surface area contributed by atoms with Gasteiger partial charge < -0.3 is 5.11 Å². The molecule has 1 saturated heterocycles. The highest BCUT2D eigenvalue weighted by molar-refractivity contribution is 8.00. The van der Waals surface area contributed by atoms with Gasteiger partial charge in [0, 0.05) is 21.2 Å². The molecule has 1 aliphatic rings. The molecule has 5 rings (SSSR count). The number of thiophene rings is 1. The molecule has 1 unspecified atom stereocenters. The summed E-state index contributed by atoms with van der Waals surface area (Å²) in [7, 11) is 0. The van der Waals surface area contributed by atoms with Gasteiger partial charge in [0.2, 0.25) is 5.13 Å². The van der Waals surface area contributed by atoms with Crippen LogP contribution >= 0.6 is 46.0 Å². The normalized spacial score (nSPS) is 17.3. The summed E-state index contributed by atoms with van der Waals surface area (Å²) in [4.78, 5) is 28.2. The highest BCUT2D eigenvalue weighted by Crippen LogP contribution is 2.45. The van der Waals surface area contributed by atoms with Gasteiger partial charge in [0.15, 0.2) is 4.34 Å². The molecule has 35 heavy (non-hydrogen) atoms. The van der Waals surface area contributed by atoms with Gasteiger partial charge in [-0.1, -0.05) is 59.0 Å². The number of carbonyl (C=O) groups is 2. The molecule has 176 valence electrons. The van der Waals surface area contributed by atoms with Gasteiger partial charge in [0.05, 0.1) is 5.57 Å². The van der Waals surface area contributed by atoms with Crippen LogP contribution in [0.5, 0.6) is 0 Å². The first-order valence-electron chi connectivity index (χ1n) is 10.2. The second-order valence-electron chi connectivity index (χ2n) is 7.42. The monoisotopic (exact) mass is 543 g/mol. The summed E-state index contributed by atoms with van der Waals surface area (Å²) in [5.41, 5.74) is 0.860. The van der Waals surface area contributed by atoms with Crippen molar-refractivity contribution < 1.29 is 19.1 Å². The Bertz CT molecular complexity index is 1440. The SMILES string of the molecule is O=C1C(=O)N(c2nnc(SCc3ccccc3F)s2)C(c2cccs2)/C1=C(/O)c1ccc(Cl)cc1. The molecule has 6 nitrogen and oxygen atoms in total. The van der Waals surface area contributed by atoms with E-state index in [9.17, 15) is 19.1 Å². The van der Waals surface area contributed by atoms with Crippen molar-refractivity contribution in [2.45, 2.75) is 16.1 Å². The molecule has 1 amide bonds. The third-order valence-electron chi connectivity index (χ3n) is 5.29. The summed E-state index contributed by atoms with van der Waals surface area (Å²) in [5.74, 6) is -1.88. The van der Waals surface area contributed by atoms with Crippen LogP contribution in [0.3, 0.4) is 0 Å². The van der Waals surface area contributed by atoms with Crippen LogP contribution in [-0.2, 0) is 15.3 Å². The molecule has 1 atom stereocenters. The zero-order valence-electron chi connectivity index (χ0n) is 17.7. The van der Waals surface area contributed by atoms with Crippen molar-refractivity contribution in [2.75, 3.05) is 4.90 Å². The van der Waals surface area contributed by atoms with E-state index in [-0.39, 0.29) is 22.3 Å². The molecule has 3 heterocycles. The predicted octanol–water partition coefficient (Wildman–Crippen LogP) is 6.31. The van der Waals surface area contributed by atoms with Crippen molar-refractivity contribution in [3.05, 3.63) is 98.5 Å². The van der Waals surface area contributed by atoms with E-state index in [4.69, 9.17) is 11.6 Å². The number of thioether (sulfide) groups is 1. The molecule has 1 N–H and O–H groups in total. The van der Waals surface area contributed by atoms with Crippen molar-refractivity contribution in [1.82, 2.24) is 10.2 Å². The summed E-state index contributed by atoms with van der Waals surface area (Å²) in [6.07, 6.45) is 0. The Morgan fingerprint density at radius 2 is 1.86 bits per heavy atom. The molecule has 0 radical (unpaired) electrons. The minimum atomic E-state index is -0.858. The van der Waals surface area contributed by atoms with Crippen LogP contribution < -0.4 is 4.90 Å². The molecule has 0 bridgehead atoms. The first kappa shape index (κ1) is 23.7. The van der Waals surface area contributed by atoms with E-state index in [1.165, 1.54) is 34.1 Å². The number of benzene rings is 2. The van der Waals surface area contributed by atoms with E-state index < -0.39 is 17.7 Å². The van der Waals surface area contributed by atoms with E-state index in [1.54, 1.807) is 54.6 Å². The highest BCUT2D eigenvalue weighted by atomic mass is 35.5. The Hall–Kier alpha value is -3.05. The van der Waals surface area contributed by atoms with Gasteiger partial charge in [-0.15, -0.1) is 21.5 Å². The summed E-state index contributed by atoms with van der Waals surface area (Å²) >= 11 is 9.72. The number of hydrogen-bond donors (Lipinski definition) is 1.